The van der Waals surface area contributed by atoms with E-state index in [4.69, 9.17) is 4.74 Å². The van der Waals surface area contributed by atoms with Crippen molar-refractivity contribution >= 4 is 23.8 Å². The average molecular weight is 381 g/mol. The van der Waals surface area contributed by atoms with Crippen LogP contribution in [-0.2, 0) is 14.3 Å². The molecule has 0 radical (unpaired) electrons. The number of aliphatic carboxylic acids is 1. The summed E-state index contributed by atoms with van der Waals surface area (Å²) in [6, 6.07) is 3.43. The Morgan fingerprint density at radius 2 is 1.85 bits per heavy atom. The first-order valence-corrected chi connectivity index (χ1v) is 8.53. The molecule has 1 aromatic carbocycles. The van der Waals surface area contributed by atoms with E-state index in [0.717, 1.165) is 6.07 Å². The number of hydrogen-bond donors (Lipinski definition) is 1. The summed E-state index contributed by atoms with van der Waals surface area (Å²) in [7, 11) is 0. The third-order valence-corrected chi connectivity index (χ3v) is 3.55. The van der Waals surface area contributed by atoms with E-state index in [0.29, 0.717) is 4.90 Å². The zero-order chi connectivity index (χ0) is 20.8. The molecule has 0 aromatic heterocycles. The summed E-state index contributed by atoms with van der Waals surface area (Å²) in [4.78, 5) is 48.9. The van der Waals surface area contributed by atoms with E-state index in [1.54, 1.807) is 20.8 Å². The Kier molecular flexibility index (Phi) is 7.63. The lowest BCUT2D eigenvalue weighted by Gasteiger charge is -2.29. The van der Waals surface area contributed by atoms with E-state index in [-0.39, 0.29) is 24.8 Å². The van der Waals surface area contributed by atoms with Crippen LogP contribution in [0.3, 0.4) is 0 Å². The summed E-state index contributed by atoms with van der Waals surface area (Å²) >= 11 is 0. The van der Waals surface area contributed by atoms with Gasteiger partial charge < -0.3 is 9.84 Å². The van der Waals surface area contributed by atoms with Crippen molar-refractivity contribution in [1.82, 2.24) is 4.90 Å². The van der Waals surface area contributed by atoms with Crippen molar-refractivity contribution < 1.29 is 33.4 Å². The molecule has 27 heavy (non-hydrogen) atoms. The van der Waals surface area contributed by atoms with E-state index >= 15 is 0 Å². The molecule has 7 nitrogen and oxygen atoms in total. The number of benzene rings is 1. The number of hydrogen-bond acceptors (Lipinski definition) is 5. The standard InChI is InChI=1S/C19H24FNO6/c1-5-16(23)21(18(26)27-19(2,3)4)14(17(24)25)9-10-15(22)12-7-6-8-13(20)11-12/h6-8,11,14H,5,9-10H2,1-4H3,(H,24,25). The fourth-order valence-corrected chi connectivity index (χ4v) is 2.32. The maximum absolute atomic E-state index is 13.2. The molecule has 0 fully saturated rings. The van der Waals surface area contributed by atoms with Gasteiger partial charge in [0, 0.05) is 18.4 Å². The number of halogens is 1. The molecular formula is C19H24FNO6. The molecule has 0 bridgehead atoms. The molecular weight excluding hydrogens is 357 g/mol. The van der Waals surface area contributed by atoms with Crippen LogP contribution >= 0.6 is 0 Å². The van der Waals surface area contributed by atoms with Gasteiger partial charge in [-0.3, -0.25) is 9.59 Å². The molecule has 0 aliphatic rings. The van der Waals surface area contributed by atoms with Gasteiger partial charge in [-0.1, -0.05) is 19.1 Å². The van der Waals surface area contributed by atoms with Crippen molar-refractivity contribution in [3.8, 4) is 0 Å². The van der Waals surface area contributed by atoms with Gasteiger partial charge in [0.05, 0.1) is 0 Å². The van der Waals surface area contributed by atoms with Gasteiger partial charge in [-0.25, -0.2) is 18.9 Å². The van der Waals surface area contributed by atoms with Gasteiger partial charge in [-0.05, 0) is 39.3 Å². The molecule has 2 amide bonds. The highest BCUT2D eigenvalue weighted by Crippen LogP contribution is 2.18. The topological polar surface area (TPSA) is 101 Å². The number of rotatable bonds is 7. The van der Waals surface area contributed by atoms with Crippen molar-refractivity contribution in [3.05, 3.63) is 35.6 Å². The summed E-state index contributed by atoms with van der Waals surface area (Å²) in [5.41, 5.74) is -0.839. The zero-order valence-corrected chi connectivity index (χ0v) is 15.8. The number of ether oxygens (including phenoxy) is 1. The first kappa shape index (κ1) is 22.3. The molecule has 0 heterocycles. The minimum absolute atomic E-state index is 0.0878. The van der Waals surface area contributed by atoms with Crippen LogP contribution in [0.15, 0.2) is 24.3 Å². The minimum Gasteiger partial charge on any atom is -0.480 e. The SMILES string of the molecule is CCC(=O)N(C(=O)OC(C)(C)C)C(CCC(=O)c1cccc(F)c1)C(=O)O. The molecule has 148 valence electrons. The normalized spacial score (nSPS) is 12.2. The highest BCUT2D eigenvalue weighted by molar-refractivity contribution is 5.98. The number of amides is 2. The van der Waals surface area contributed by atoms with Crippen molar-refractivity contribution in [2.45, 2.75) is 58.6 Å². The van der Waals surface area contributed by atoms with Crippen LogP contribution in [0.2, 0.25) is 0 Å². The number of Topliss-reactive ketones (excluding diaryl/α,β-unsaturated/α-hetero) is 1. The molecule has 0 saturated carbocycles. The Balaban J connectivity index is 3.00. The van der Waals surface area contributed by atoms with Crippen LogP contribution in [0.4, 0.5) is 9.18 Å². The second-order valence-corrected chi connectivity index (χ2v) is 6.92. The lowest BCUT2D eigenvalue weighted by atomic mass is 10.0. The van der Waals surface area contributed by atoms with E-state index in [1.165, 1.54) is 25.1 Å². The number of nitrogens with zero attached hydrogens (tertiary/aromatic N) is 1. The summed E-state index contributed by atoms with van der Waals surface area (Å²) < 4.78 is 18.4. The molecule has 1 atom stereocenters. The van der Waals surface area contributed by atoms with Gasteiger partial charge in [0.25, 0.3) is 0 Å². The molecule has 0 aliphatic carbocycles. The Morgan fingerprint density at radius 3 is 2.33 bits per heavy atom. The van der Waals surface area contributed by atoms with Crippen LogP contribution in [0.5, 0.6) is 0 Å². The van der Waals surface area contributed by atoms with Crippen molar-refractivity contribution in [3.63, 3.8) is 0 Å². The number of carboxylic acids is 1. The Morgan fingerprint density at radius 1 is 1.22 bits per heavy atom. The molecule has 1 rings (SSSR count). The minimum atomic E-state index is -1.56. The van der Waals surface area contributed by atoms with Crippen LogP contribution in [0, 0.1) is 5.82 Å². The van der Waals surface area contributed by atoms with Crippen molar-refractivity contribution in [2.75, 3.05) is 0 Å². The smallest absolute Gasteiger partial charge is 0.417 e. The lowest BCUT2D eigenvalue weighted by molar-refractivity contribution is -0.149. The molecule has 8 heteroatoms. The highest BCUT2D eigenvalue weighted by Gasteiger charge is 2.37. The fourth-order valence-electron chi connectivity index (χ4n) is 2.32. The van der Waals surface area contributed by atoms with Gasteiger partial charge in [-0.2, -0.15) is 0 Å². The van der Waals surface area contributed by atoms with Crippen LogP contribution in [-0.4, -0.2) is 45.4 Å². The number of imide groups is 1. The van der Waals surface area contributed by atoms with E-state index in [2.05, 4.69) is 0 Å². The van der Waals surface area contributed by atoms with Crippen LogP contribution < -0.4 is 0 Å². The monoisotopic (exact) mass is 381 g/mol. The number of ketones is 1. The Bertz CT molecular complexity index is 725. The Hall–Kier alpha value is -2.77. The second-order valence-electron chi connectivity index (χ2n) is 6.92. The lowest BCUT2D eigenvalue weighted by Crippen LogP contribution is -2.50. The first-order chi connectivity index (χ1) is 12.5. The predicted molar refractivity (Wildman–Crippen MR) is 94.8 cm³/mol. The third-order valence-electron chi connectivity index (χ3n) is 3.55. The number of carbonyl (C=O) groups excluding carboxylic acids is 3. The highest BCUT2D eigenvalue weighted by atomic mass is 19.1. The van der Waals surface area contributed by atoms with Crippen molar-refractivity contribution in [2.24, 2.45) is 0 Å². The maximum atomic E-state index is 13.2. The molecule has 1 unspecified atom stereocenters. The van der Waals surface area contributed by atoms with Gasteiger partial charge in [-0.15, -0.1) is 0 Å². The van der Waals surface area contributed by atoms with Crippen molar-refractivity contribution in [1.29, 1.82) is 0 Å². The number of carbonyl (C=O) groups is 4. The number of carboxylic acid groups (broad SMARTS) is 1. The molecule has 0 saturated heterocycles. The largest absolute Gasteiger partial charge is 0.480 e. The fraction of sp³-hybridized carbons (Fsp3) is 0.474. The van der Waals surface area contributed by atoms with E-state index in [9.17, 15) is 28.7 Å². The first-order valence-electron chi connectivity index (χ1n) is 8.53. The van der Waals surface area contributed by atoms with E-state index in [1.807, 2.05) is 0 Å². The molecule has 0 spiro atoms. The van der Waals surface area contributed by atoms with Gasteiger partial charge in [0.1, 0.15) is 17.5 Å². The Labute approximate surface area is 157 Å². The summed E-state index contributed by atoms with van der Waals surface area (Å²) in [6.07, 6.45) is -1.78. The van der Waals surface area contributed by atoms with E-state index < -0.39 is 41.2 Å². The van der Waals surface area contributed by atoms with Gasteiger partial charge in [0.2, 0.25) is 5.91 Å². The summed E-state index contributed by atoms with van der Waals surface area (Å²) in [5, 5.41) is 9.49. The maximum Gasteiger partial charge on any atom is 0.417 e. The average Bonchev–Trinajstić information content (AvgIpc) is 2.55. The zero-order valence-electron chi connectivity index (χ0n) is 15.8. The van der Waals surface area contributed by atoms with Crippen LogP contribution in [0.25, 0.3) is 0 Å². The predicted octanol–water partition coefficient (Wildman–Crippen LogP) is 3.42. The molecule has 0 aliphatic heterocycles. The van der Waals surface area contributed by atoms with Crippen LogP contribution in [0.1, 0.15) is 57.3 Å². The van der Waals surface area contributed by atoms with Gasteiger partial charge in [0.15, 0.2) is 5.78 Å². The third kappa shape index (κ3) is 6.80. The second kappa shape index (κ2) is 9.25. The quantitative estimate of drug-likeness (QED) is 0.726. The summed E-state index contributed by atoms with van der Waals surface area (Å²) in [5.74, 6) is -3.24. The summed E-state index contributed by atoms with van der Waals surface area (Å²) in [6.45, 7) is 6.24. The van der Waals surface area contributed by atoms with Gasteiger partial charge >= 0.3 is 12.1 Å². The molecule has 1 aromatic rings. The molecule has 1 N–H and O–H groups in total.